The molecule has 0 aliphatic heterocycles. The Morgan fingerprint density at radius 1 is 0.955 bits per heavy atom. The summed E-state index contributed by atoms with van der Waals surface area (Å²) in [6.07, 6.45) is 0. The van der Waals surface area contributed by atoms with Crippen molar-refractivity contribution < 1.29 is 0 Å². The van der Waals surface area contributed by atoms with E-state index in [9.17, 15) is 0 Å². The minimum Gasteiger partial charge on any atom is -0.322 e. The maximum absolute atomic E-state index is 5.98. The molecule has 3 aromatic carbocycles. The molecule has 4 aromatic rings. The monoisotopic (exact) mass is 304 g/mol. The number of nitrogens with two attached hydrogens (primary N) is 1. The molecule has 0 aliphatic carbocycles. The highest BCUT2D eigenvalue weighted by atomic mass is 32.1. The zero-order valence-corrected chi connectivity index (χ0v) is 13.1. The minimum atomic E-state index is -0.0278. The van der Waals surface area contributed by atoms with Gasteiger partial charge in [-0.05, 0) is 34.5 Å². The van der Waals surface area contributed by atoms with E-state index in [-0.39, 0.29) is 6.04 Å². The predicted molar refractivity (Wildman–Crippen MR) is 95.2 cm³/mol. The molecule has 108 valence electrons. The third-order valence-electron chi connectivity index (χ3n) is 3.94. The number of hydrogen-bond donors (Lipinski definition) is 1. The SMILES string of the molecule is CC(N)c1nc(-c2c3ccccc3cc3ccccc23)cs1. The van der Waals surface area contributed by atoms with Crippen LogP contribution in [0.2, 0.25) is 0 Å². The maximum Gasteiger partial charge on any atom is 0.110 e. The van der Waals surface area contributed by atoms with Crippen molar-refractivity contribution in [3.8, 4) is 11.3 Å². The summed E-state index contributed by atoms with van der Waals surface area (Å²) in [5.74, 6) is 0. The second-order valence-electron chi connectivity index (χ2n) is 5.55. The molecule has 2 N–H and O–H groups in total. The molecule has 0 fully saturated rings. The molecule has 0 amide bonds. The average molecular weight is 304 g/mol. The summed E-state index contributed by atoms with van der Waals surface area (Å²) in [6.45, 7) is 1.98. The van der Waals surface area contributed by atoms with Crippen molar-refractivity contribution in [3.05, 3.63) is 65.0 Å². The first-order valence-corrected chi connectivity index (χ1v) is 8.24. The van der Waals surface area contributed by atoms with Gasteiger partial charge in [-0.3, -0.25) is 0 Å². The Bertz CT molecular complexity index is 915. The van der Waals surface area contributed by atoms with E-state index in [1.54, 1.807) is 11.3 Å². The third-order valence-corrected chi connectivity index (χ3v) is 4.98. The Labute approximate surface area is 133 Å². The van der Waals surface area contributed by atoms with Gasteiger partial charge in [-0.1, -0.05) is 48.5 Å². The van der Waals surface area contributed by atoms with Crippen LogP contribution >= 0.6 is 11.3 Å². The van der Waals surface area contributed by atoms with Crippen LogP contribution in [-0.2, 0) is 0 Å². The van der Waals surface area contributed by atoms with Gasteiger partial charge in [0, 0.05) is 10.9 Å². The van der Waals surface area contributed by atoms with Crippen molar-refractivity contribution in [1.82, 2.24) is 4.98 Å². The molecular weight excluding hydrogens is 288 g/mol. The van der Waals surface area contributed by atoms with Gasteiger partial charge < -0.3 is 5.73 Å². The van der Waals surface area contributed by atoms with Crippen molar-refractivity contribution in [3.63, 3.8) is 0 Å². The van der Waals surface area contributed by atoms with Crippen LogP contribution in [0.5, 0.6) is 0 Å². The van der Waals surface area contributed by atoms with E-state index in [1.807, 2.05) is 6.92 Å². The van der Waals surface area contributed by atoms with Crippen LogP contribution in [0.1, 0.15) is 18.0 Å². The lowest BCUT2D eigenvalue weighted by Gasteiger charge is -2.09. The molecule has 1 aromatic heterocycles. The molecule has 3 heteroatoms. The van der Waals surface area contributed by atoms with Crippen molar-refractivity contribution >= 4 is 32.9 Å². The van der Waals surface area contributed by atoms with Crippen LogP contribution < -0.4 is 5.73 Å². The molecule has 0 bridgehead atoms. The Balaban J connectivity index is 2.11. The number of fused-ring (bicyclic) bond motifs is 2. The molecule has 0 saturated carbocycles. The summed E-state index contributed by atoms with van der Waals surface area (Å²) in [6, 6.07) is 19.2. The lowest BCUT2D eigenvalue weighted by molar-refractivity contribution is 0.808. The van der Waals surface area contributed by atoms with Crippen molar-refractivity contribution in [2.24, 2.45) is 5.73 Å². The fourth-order valence-corrected chi connectivity index (χ4v) is 3.67. The van der Waals surface area contributed by atoms with Crippen LogP contribution in [0.25, 0.3) is 32.8 Å². The second kappa shape index (κ2) is 5.20. The van der Waals surface area contributed by atoms with Gasteiger partial charge in [0.05, 0.1) is 11.7 Å². The largest absolute Gasteiger partial charge is 0.322 e. The smallest absolute Gasteiger partial charge is 0.110 e. The number of rotatable bonds is 2. The van der Waals surface area contributed by atoms with Crippen molar-refractivity contribution in [1.29, 1.82) is 0 Å². The van der Waals surface area contributed by atoms with Gasteiger partial charge in [0.25, 0.3) is 0 Å². The zero-order valence-electron chi connectivity index (χ0n) is 12.3. The van der Waals surface area contributed by atoms with E-state index < -0.39 is 0 Å². The summed E-state index contributed by atoms with van der Waals surface area (Å²) in [4.78, 5) is 4.77. The molecule has 2 nitrogen and oxygen atoms in total. The first kappa shape index (κ1) is 13.4. The van der Waals surface area contributed by atoms with E-state index in [0.29, 0.717) is 0 Å². The van der Waals surface area contributed by atoms with Crippen LogP contribution in [-0.4, -0.2) is 4.98 Å². The van der Waals surface area contributed by atoms with Gasteiger partial charge in [0.1, 0.15) is 5.01 Å². The molecule has 1 unspecified atom stereocenters. The van der Waals surface area contributed by atoms with Crippen molar-refractivity contribution in [2.75, 3.05) is 0 Å². The lowest BCUT2D eigenvalue weighted by atomic mass is 9.95. The standard InChI is InChI=1S/C19H16N2S/c1-12(20)19-21-17(11-22-19)18-15-8-4-2-6-13(15)10-14-7-3-5-9-16(14)18/h2-12H,20H2,1H3. The number of thiazole rings is 1. The Morgan fingerprint density at radius 2 is 1.55 bits per heavy atom. The predicted octanol–water partition coefficient (Wildman–Crippen LogP) is 5.14. The average Bonchev–Trinajstić information content (AvgIpc) is 3.02. The highest BCUT2D eigenvalue weighted by Gasteiger charge is 2.13. The first-order chi connectivity index (χ1) is 10.7. The van der Waals surface area contributed by atoms with Crippen LogP contribution in [0.3, 0.4) is 0 Å². The van der Waals surface area contributed by atoms with Crippen LogP contribution in [0.15, 0.2) is 60.0 Å². The number of benzene rings is 3. The van der Waals surface area contributed by atoms with Gasteiger partial charge in [-0.2, -0.15) is 0 Å². The molecule has 1 atom stereocenters. The van der Waals surface area contributed by atoms with E-state index in [1.165, 1.54) is 27.1 Å². The van der Waals surface area contributed by atoms with E-state index >= 15 is 0 Å². The summed E-state index contributed by atoms with van der Waals surface area (Å²) in [5, 5.41) is 8.06. The maximum atomic E-state index is 5.98. The van der Waals surface area contributed by atoms with Gasteiger partial charge in [0.2, 0.25) is 0 Å². The van der Waals surface area contributed by atoms with Crippen molar-refractivity contribution in [2.45, 2.75) is 13.0 Å². The third kappa shape index (κ3) is 2.10. The summed E-state index contributed by atoms with van der Waals surface area (Å²) in [7, 11) is 0. The Kier molecular flexibility index (Phi) is 3.17. The summed E-state index contributed by atoms with van der Waals surface area (Å²) in [5.41, 5.74) is 8.20. The Hall–Kier alpha value is -2.23. The molecule has 0 radical (unpaired) electrons. The van der Waals surface area contributed by atoms with Gasteiger partial charge >= 0.3 is 0 Å². The zero-order chi connectivity index (χ0) is 15.1. The molecule has 22 heavy (non-hydrogen) atoms. The van der Waals surface area contributed by atoms with E-state index in [4.69, 9.17) is 10.7 Å². The molecule has 1 heterocycles. The minimum absolute atomic E-state index is 0.0278. The van der Waals surface area contributed by atoms with E-state index in [2.05, 4.69) is 60.0 Å². The molecule has 4 rings (SSSR count). The topological polar surface area (TPSA) is 38.9 Å². The van der Waals surface area contributed by atoms with Gasteiger partial charge in [-0.25, -0.2) is 4.98 Å². The number of nitrogens with zero attached hydrogens (tertiary/aromatic N) is 1. The fraction of sp³-hybridized carbons (Fsp3) is 0.105. The molecular formula is C19H16N2S. The number of aromatic nitrogens is 1. The lowest BCUT2D eigenvalue weighted by Crippen LogP contribution is -2.03. The normalized spacial score (nSPS) is 12.8. The van der Waals surface area contributed by atoms with Gasteiger partial charge in [0.15, 0.2) is 0 Å². The highest BCUT2D eigenvalue weighted by molar-refractivity contribution is 7.10. The second-order valence-corrected chi connectivity index (χ2v) is 6.44. The van der Waals surface area contributed by atoms with Crippen LogP contribution in [0.4, 0.5) is 0 Å². The van der Waals surface area contributed by atoms with Crippen LogP contribution in [0, 0.1) is 0 Å². The molecule has 0 aliphatic rings. The molecule has 0 spiro atoms. The first-order valence-electron chi connectivity index (χ1n) is 7.36. The summed E-state index contributed by atoms with van der Waals surface area (Å²) >= 11 is 1.63. The highest BCUT2D eigenvalue weighted by Crippen LogP contribution is 2.37. The Morgan fingerprint density at radius 3 is 2.09 bits per heavy atom. The number of hydrogen-bond acceptors (Lipinski definition) is 3. The fourth-order valence-electron chi connectivity index (χ4n) is 2.90. The van der Waals surface area contributed by atoms with E-state index in [0.717, 1.165) is 10.7 Å². The van der Waals surface area contributed by atoms with Gasteiger partial charge in [-0.15, -0.1) is 11.3 Å². The molecule has 0 saturated heterocycles. The quantitative estimate of drug-likeness (QED) is 0.521. The summed E-state index contributed by atoms with van der Waals surface area (Å²) < 4.78 is 0.